The summed E-state index contributed by atoms with van der Waals surface area (Å²) in [6.07, 6.45) is 0.821. The Morgan fingerprint density at radius 2 is 2.04 bits per heavy atom. The molecule has 0 fully saturated rings. The van der Waals surface area contributed by atoms with Crippen molar-refractivity contribution in [3.05, 3.63) is 47.5 Å². The van der Waals surface area contributed by atoms with Crippen molar-refractivity contribution < 1.29 is 14.3 Å². The van der Waals surface area contributed by atoms with Crippen molar-refractivity contribution in [3.8, 4) is 5.69 Å². The van der Waals surface area contributed by atoms with Crippen molar-refractivity contribution in [3.63, 3.8) is 0 Å². The van der Waals surface area contributed by atoms with E-state index in [4.69, 9.17) is 0 Å². The van der Waals surface area contributed by atoms with E-state index in [1.807, 2.05) is 20.8 Å². The number of carbonyl (C=O) groups excluding carboxylic acids is 1. The first kappa shape index (κ1) is 18.1. The van der Waals surface area contributed by atoms with E-state index in [2.05, 4.69) is 10.4 Å². The summed E-state index contributed by atoms with van der Waals surface area (Å²) >= 11 is 0. The Kier molecular flexibility index (Phi) is 5.39. The fourth-order valence-corrected chi connectivity index (χ4v) is 2.39. The summed E-state index contributed by atoms with van der Waals surface area (Å²) in [6.45, 7) is 7.63. The highest BCUT2D eigenvalue weighted by Crippen LogP contribution is 2.19. The van der Waals surface area contributed by atoms with Gasteiger partial charge in [-0.2, -0.15) is 5.10 Å². The van der Waals surface area contributed by atoms with Crippen LogP contribution in [-0.4, -0.2) is 32.9 Å². The van der Waals surface area contributed by atoms with Crippen molar-refractivity contribution in [1.82, 2.24) is 15.1 Å². The molecule has 2 aromatic rings. The van der Waals surface area contributed by atoms with Crippen LogP contribution in [0.2, 0.25) is 0 Å². The van der Waals surface area contributed by atoms with Crippen LogP contribution in [-0.2, 0) is 0 Å². The standard InChI is InChI=1S/C18H24FN3O2/c1-5-12(2)18(4,24)11-20-17(23)16-10-13(3)22(21-16)15-8-6-14(19)7-9-15/h6-10,12,24H,5,11H2,1-4H3,(H,20,23). The molecule has 130 valence electrons. The average Bonchev–Trinajstić information content (AvgIpc) is 2.94. The minimum atomic E-state index is -0.973. The monoisotopic (exact) mass is 333 g/mol. The van der Waals surface area contributed by atoms with E-state index in [9.17, 15) is 14.3 Å². The minimum Gasteiger partial charge on any atom is -0.388 e. The first-order valence-corrected chi connectivity index (χ1v) is 8.07. The van der Waals surface area contributed by atoms with Gasteiger partial charge in [0.2, 0.25) is 0 Å². The Morgan fingerprint density at radius 3 is 2.62 bits per heavy atom. The Bertz CT molecular complexity index is 708. The number of aromatic nitrogens is 2. The SMILES string of the molecule is CCC(C)C(C)(O)CNC(=O)c1cc(C)n(-c2ccc(F)cc2)n1. The van der Waals surface area contributed by atoms with Gasteiger partial charge in [0.05, 0.1) is 11.3 Å². The molecular formula is C18H24FN3O2. The molecule has 0 aliphatic heterocycles. The molecule has 24 heavy (non-hydrogen) atoms. The summed E-state index contributed by atoms with van der Waals surface area (Å²) in [5.41, 5.74) is 0.732. The Balaban J connectivity index is 2.11. The molecule has 0 spiro atoms. The molecule has 2 rings (SSSR count). The van der Waals surface area contributed by atoms with Crippen molar-refractivity contribution in [1.29, 1.82) is 0 Å². The van der Waals surface area contributed by atoms with E-state index < -0.39 is 5.60 Å². The van der Waals surface area contributed by atoms with Crippen molar-refractivity contribution in [2.75, 3.05) is 6.54 Å². The van der Waals surface area contributed by atoms with Crippen LogP contribution in [0.15, 0.2) is 30.3 Å². The summed E-state index contributed by atoms with van der Waals surface area (Å²) in [5.74, 6) is -0.604. The van der Waals surface area contributed by atoms with Gasteiger partial charge >= 0.3 is 0 Å². The summed E-state index contributed by atoms with van der Waals surface area (Å²) in [4.78, 5) is 12.3. The maximum Gasteiger partial charge on any atom is 0.271 e. The van der Waals surface area contributed by atoms with Crippen LogP contribution in [0.1, 0.15) is 43.4 Å². The number of halogens is 1. The van der Waals surface area contributed by atoms with E-state index in [-0.39, 0.29) is 29.9 Å². The van der Waals surface area contributed by atoms with Gasteiger partial charge in [0.15, 0.2) is 5.69 Å². The Labute approximate surface area is 141 Å². The number of benzene rings is 1. The molecule has 5 nitrogen and oxygen atoms in total. The third kappa shape index (κ3) is 4.00. The summed E-state index contributed by atoms with van der Waals surface area (Å²) in [6, 6.07) is 7.56. The number of aryl methyl sites for hydroxylation is 1. The van der Waals surface area contributed by atoms with Crippen LogP contribution in [0.5, 0.6) is 0 Å². The van der Waals surface area contributed by atoms with Gasteiger partial charge in [-0.1, -0.05) is 20.3 Å². The molecular weight excluding hydrogens is 309 g/mol. The summed E-state index contributed by atoms with van der Waals surface area (Å²) in [7, 11) is 0. The zero-order chi connectivity index (χ0) is 17.9. The molecule has 6 heteroatoms. The van der Waals surface area contributed by atoms with Gasteiger partial charge in [-0.15, -0.1) is 0 Å². The van der Waals surface area contributed by atoms with E-state index in [0.29, 0.717) is 5.69 Å². The van der Waals surface area contributed by atoms with Crippen LogP contribution >= 0.6 is 0 Å². The van der Waals surface area contributed by atoms with Gasteiger partial charge in [0.25, 0.3) is 5.91 Å². The fourth-order valence-electron chi connectivity index (χ4n) is 2.39. The van der Waals surface area contributed by atoms with Crippen LogP contribution < -0.4 is 5.32 Å². The van der Waals surface area contributed by atoms with Gasteiger partial charge in [-0.05, 0) is 50.1 Å². The molecule has 1 heterocycles. The maximum absolute atomic E-state index is 13.0. The van der Waals surface area contributed by atoms with Gasteiger partial charge in [0, 0.05) is 12.2 Å². The zero-order valence-corrected chi connectivity index (χ0v) is 14.5. The maximum atomic E-state index is 13.0. The van der Waals surface area contributed by atoms with Crippen LogP contribution in [0.25, 0.3) is 5.69 Å². The molecule has 1 amide bonds. The second-order valence-corrected chi connectivity index (χ2v) is 6.41. The fraction of sp³-hybridized carbons (Fsp3) is 0.444. The number of rotatable bonds is 6. The minimum absolute atomic E-state index is 0.0660. The molecule has 2 unspecified atom stereocenters. The van der Waals surface area contributed by atoms with E-state index in [0.717, 1.165) is 12.1 Å². The Hall–Kier alpha value is -2.21. The molecule has 0 aliphatic carbocycles. The lowest BCUT2D eigenvalue weighted by atomic mass is 9.88. The Morgan fingerprint density at radius 1 is 1.42 bits per heavy atom. The summed E-state index contributed by atoms with van der Waals surface area (Å²) in [5, 5.41) is 17.4. The van der Waals surface area contributed by atoms with Crippen molar-refractivity contribution >= 4 is 5.91 Å². The van der Waals surface area contributed by atoms with Crippen LogP contribution in [0.4, 0.5) is 4.39 Å². The third-order valence-corrected chi connectivity index (χ3v) is 4.47. The number of carbonyl (C=O) groups is 1. The first-order valence-electron chi connectivity index (χ1n) is 8.07. The van der Waals surface area contributed by atoms with Gasteiger partial charge in [-0.3, -0.25) is 4.79 Å². The molecule has 0 saturated carbocycles. The molecule has 0 bridgehead atoms. The lowest BCUT2D eigenvalue weighted by Gasteiger charge is -2.29. The average molecular weight is 333 g/mol. The van der Waals surface area contributed by atoms with Crippen LogP contribution in [0, 0.1) is 18.7 Å². The molecule has 2 atom stereocenters. The number of nitrogens with one attached hydrogen (secondary N) is 1. The predicted octanol–water partition coefficient (Wildman–Crippen LogP) is 2.85. The third-order valence-electron chi connectivity index (χ3n) is 4.47. The normalized spacial score (nSPS) is 14.9. The highest BCUT2D eigenvalue weighted by atomic mass is 19.1. The van der Waals surface area contributed by atoms with E-state index in [1.165, 1.54) is 12.1 Å². The number of amides is 1. The highest BCUT2D eigenvalue weighted by molar-refractivity contribution is 5.92. The number of nitrogens with zero attached hydrogens (tertiary/aromatic N) is 2. The van der Waals surface area contributed by atoms with E-state index in [1.54, 1.807) is 29.8 Å². The van der Waals surface area contributed by atoms with Crippen molar-refractivity contribution in [2.45, 2.75) is 39.7 Å². The van der Waals surface area contributed by atoms with Gasteiger partial charge in [-0.25, -0.2) is 9.07 Å². The topological polar surface area (TPSA) is 67.2 Å². The molecule has 0 aliphatic rings. The van der Waals surface area contributed by atoms with Gasteiger partial charge < -0.3 is 10.4 Å². The second-order valence-electron chi connectivity index (χ2n) is 6.41. The number of aliphatic hydroxyl groups is 1. The molecule has 1 aromatic heterocycles. The zero-order valence-electron chi connectivity index (χ0n) is 14.5. The molecule has 1 aromatic carbocycles. The van der Waals surface area contributed by atoms with E-state index >= 15 is 0 Å². The second kappa shape index (κ2) is 7.13. The smallest absolute Gasteiger partial charge is 0.271 e. The lowest BCUT2D eigenvalue weighted by molar-refractivity contribution is 0.00587. The molecule has 0 saturated heterocycles. The number of hydrogen-bond acceptors (Lipinski definition) is 3. The largest absolute Gasteiger partial charge is 0.388 e. The van der Waals surface area contributed by atoms with Crippen LogP contribution in [0.3, 0.4) is 0 Å². The highest BCUT2D eigenvalue weighted by Gasteiger charge is 2.28. The summed E-state index contributed by atoms with van der Waals surface area (Å²) < 4.78 is 14.6. The quantitative estimate of drug-likeness (QED) is 0.854. The van der Waals surface area contributed by atoms with Crippen molar-refractivity contribution in [2.24, 2.45) is 5.92 Å². The lowest BCUT2D eigenvalue weighted by Crippen LogP contribution is -2.45. The number of hydrogen-bond donors (Lipinski definition) is 2. The predicted molar refractivity (Wildman–Crippen MR) is 90.7 cm³/mol. The molecule has 2 N–H and O–H groups in total. The van der Waals surface area contributed by atoms with Gasteiger partial charge in [0.1, 0.15) is 5.82 Å². The first-order chi connectivity index (χ1) is 11.2. The molecule has 0 radical (unpaired) electrons.